The summed E-state index contributed by atoms with van der Waals surface area (Å²) in [6, 6.07) is 0. The third kappa shape index (κ3) is 3.98. The summed E-state index contributed by atoms with van der Waals surface area (Å²) in [5.74, 6) is -0.998. The molecule has 98 valence electrons. The molecule has 17 heavy (non-hydrogen) atoms. The number of nitrogens with two attached hydrogens (primary N) is 1. The molecule has 0 spiro atoms. The second-order valence-electron chi connectivity index (χ2n) is 4.37. The van der Waals surface area contributed by atoms with Gasteiger partial charge in [0, 0.05) is 26.2 Å². The van der Waals surface area contributed by atoms with Crippen LogP contribution in [0, 0.1) is 5.41 Å². The molecule has 0 aromatic heterocycles. The van der Waals surface area contributed by atoms with Gasteiger partial charge in [0.2, 0.25) is 5.91 Å². The van der Waals surface area contributed by atoms with E-state index in [4.69, 9.17) is 10.5 Å². The lowest BCUT2D eigenvalue weighted by Crippen LogP contribution is -2.46. The molecule has 1 amide bonds. The maximum absolute atomic E-state index is 11.4. The fourth-order valence-corrected chi connectivity index (χ4v) is 1.85. The Balaban J connectivity index is 2.44. The van der Waals surface area contributed by atoms with Crippen molar-refractivity contribution in [2.75, 3.05) is 26.3 Å². The molecule has 0 aromatic carbocycles. The van der Waals surface area contributed by atoms with Crippen molar-refractivity contribution >= 4 is 11.9 Å². The monoisotopic (exact) mass is 244 g/mol. The van der Waals surface area contributed by atoms with E-state index < -0.39 is 11.4 Å². The van der Waals surface area contributed by atoms with Gasteiger partial charge in [0.05, 0.1) is 5.41 Å². The molecule has 1 saturated heterocycles. The Bertz CT molecular complexity index is 275. The van der Waals surface area contributed by atoms with Gasteiger partial charge in [-0.25, -0.2) is 0 Å². The van der Waals surface area contributed by atoms with E-state index in [0.29, 0.717) is 45.4 Å². The first kappa shape index (κ1) is 13.9. The SMILES string of the molecule is NCCCC(=O)NCC1(C(=O)O)CCOCC1. The van der Waals surface area contributed by atoms with Crippen LogP contribution in [-0.2, 0) is 14.3 Å². The van der Waals surface area contributed by atoms with Crippen LogP contribution >= 0.6 is 0 Å². The Morgan fingerprint density at radius 3 is 2.53 bits per heavy atom. The molecule has 1 fully saturated rings. The molecule has 1 aliphatic rings. The molecule has 0 aliphatic carbocycles. The molecule has 0 radical (unpaired) electrons. The van der Waals surface area contributed by atoms with Crippen LogP contribution in [0.1, 0.15) is 25.7 Å². The summed E-state index contributed by atoms with van der Waals surface area (Å²) in [5, 5.41) is 11.9. The molecule has 1 rings (SSSR count). The van der Waals surface area contributed by atoms with Crippen LogP contribution < -0.4 is 11.1 Å². The van der Waals surface area contributed by atoms with Crippen molar-refractivity contribution in [2.24, 2.45) is 11.1 Å². The molecule has 4 N–H and O–H groups in total. The molecular weight excluding hydrogens is 224 g/mol. The Kier molecular flexibility index (Phi) is 5.37. The second-order valence-corrected chi connectivity index (χ2v) is 4.37. The fraction of sp³-hybridized carbons (Fsp3) is 0.818. The highest BCUT2D eigenvalue weighted by atomic mass is 16.5. The molecule has 1 aliphatic heterocycles. The zero-order chi connectivity index (χ0) is 12.7. The van der Waals surface area contributed by atoms with Crippen molar-refractivity contribution in [3.63, 3.8) is 0 Å². The maximum atomic E-state index is 11.4. The van der Waals surface area contributed by atoms with Gasteiger partial charge in [0.1, 0.15) is 0 Å². The van der Waals surface area contributed by atoms with Crippen molar-refractivity contribution in [3.05, 3.63) is 0 Å². The van der Waals surface area contributed by atoms with E-state index in [-0.39, 0.29) is 12.5 Å². The minimum absolute atomic E-state index is 0.137. The van der Waals surface area contributed by atoms with Gasteiger partial charge in [0.25, 0.3) is 0 Å². The Labute approximate surface area is 101 Å². The Hall–Kier alpha value is -1.14. The van der Waals surface area contributed by atoms with Crippen LogP contribution in [0.2, 0.25) is 0 Å². The van der Waals surface area contributed by atoms with E-state index in [0.717, 1.165) is 0 Å². The average molecular weight is 244 g/mol. The highest BCUT2D eigenvalue weighted by molar-refractivity contribution is 5.79. The number of carbonyl (C=O) groups is 2. The average Bonchev–Trinajstić information content (AvgIpc) is 2.34. The van der Waals surface area contributed by atoms with Crippen LogP contribution in [0.4, 0.5) is 0 Å². The maximum Gasteiger partial charge on any atom is 0.311 e. The number of hydrogen-bond acceptors (Lipinski definition) is 4. The van der Waals surface area contributed by atoms with Crippen LogP contribution in [0.25, 0.3) is 0 Å². The molecule has 1 heterocycles. The molecular formula is C11H20N2O4. The summed E-state index contributed by atoms with van der Waals surface area (Å²) in [6.07, 6.45) is 1.86. The molecule has 6 nitrogen and oxygen atoms in total. The summed E-state index contributed by atoms with van der Waals surface area (Å²) in [5.41, 5.74) is 4.43. The molecule has 0 atom stereocenters. The predicted molar refractivity (Wildman–Crippen MR) is 61.4 cm³/mol. The third-order valence-electron chi connectivity index (χ3n) is 3.14. The van der Waals surface area contributed by atoms with E-state index in [1.54, 1.807) is 0 Å². The van der Waals surface area contributed by atoms with Crippen molar-refractivity contribution < 1.29 is 19.4 Å². The Morgan fingerprint density at radius 2 is 2.00 bits per heavy atom. The number of amides is 1. The summed E-state index contributed by atoms with van der Waals surface area (Å²) in [4.78, 5) is 22.7. The second kappa shape index (κ2) is 6.56. The van der Waals surface area contributed by atoms with Gasteiger partial charge in [-0.05, 0) is 25.8 Å². The van der Waals surface area contributed by atoms with Crippen molar-refractivity contribution in [1.29, 1.82) is 0 Å². The number of carboxylic acid groups (broad SMARTS) is 1. The van der Waals surface area contributed by atoms with Crippen LogP contribution in [-0.4, -0.2) is 43.3 Å². The standard InChI is InChI=1S/C11H20N2O4/c12-5-1-2-9(14)13-8-11(10(15)16)3-6-17-7-4-11/h1-8,12H2,(H,13,14)(H,15,16). The summed E-state index contributed by atoms with van der Waals surface area (Å²) < 4.78 is 5.15. The number of carboxylic acids is 1. The zero-order valence-electron chi connectivity index (χ0n) is 9.91. The lowest BCUT2D eigenvalue weighted by Gasteiger charge is -2.33. The zero-order valence-corrected chi connectivity index (χ0v) is 9.91. The minimum atomic E-state index is -0.864. The van der Waals surface area contributed by atoms with Gasteiger partial charge in [-0.3, -0.25) is 9.59 Å². The summed E-state index contributed by atoms with van der Waals surface area (Å²) in [6.45, 7) is 1.51. The first-order valence-electron chi connectivity index (χ1n) is 5.89. The first-order chi connectivity index (χ1) is 8.10. The number of nitrogens with one attached hydrogen (secondary N) is 1. The smallest absolute Gasteiger partial charge is 0.311 e. The van der Waals surface area contributed by atoms with Crippen LogP contribution in [0.5, 0.6) is 0 Å². The fourth-order valence-electron chi connectivity index (χ4n) is 1.85. The molecule has 0 bridgehead atoms. The van der Waals surface area contributed by atoms with E-state index in [9.17, 15) is 14.7 Å². The van der Waals surface area contributed by atoms with Crippen LogP contribution in [0.15, 0.2) is 0 Å². The van der Waals surface area contributed by atoms with Gasteiger partial charge in [-0.2, -0.15) is 0 Å². The number of hydrogen-bond donors (Lipinski definition) is 3. The molecule has 0 unspecified atom stereocenters. The number of aliphatic carboxylic acids is 1. The van der Waals surface area contributed by atoms with Crippen LogP contribution in [0.3, 0.4) is 0 Å². The van der Waals surface area contributed by atoms with Crippen molar-refractivity contribution in [3.8, 4) is 0 Å². The third-order valence-corrected chi connectivity index (χ3v) is 3.14. The van der Waals surface area contributed by atoms with E-state index >= 15 is 0 Å². The van der Waals surface area contributed by atoms with E-state index in [2.05, 4.69) is 5.32 Å². The van der Waals surface area contributed by atoms with E-state index in [1.807, 2.05) is 0 Å². The summed E-state index contributed by atoms with van der Waals surface area (Å²) in [7, 11) is 0. The van der Waals surface area contributed by atoms with Crippen molar-refractivity contribution in [1.82, 2.24) is 5.32 Å². The molecule has 0 saturated carbocycles. The predicted octanol–water partition coefficient (Wildman–Crippen LogP) is -0.277. The van der Waals surface area contributed by atoms with Gasteiger partial charge in [0.15, 0.2) is 0 Å². The highest BCUT2D eigenvalue weighted by Crippen LogP contribution is 2.30. The van der Waals surface area contributed by atoms with Crippen molar-refractivity contribution in [2.45, 2.75) is 25.7 Å². The Morgan fingerprint density at radius 1 is 1.35 bits per heavy atom. The molecule has 6 heteroatoms. The lowest BCUT2D eigenvalue weighted by atomic mass is 9.80. The number of carbonyl (C=O) groups excluding carboxylic acids is 1. The summed E-state index contributed by atoms with van der Waals surface area (Å²) >= 11 is 0. The van der Waals surface area contributed by atoms with Gasteiger partial charge >= 0.3 is 5.97 Å². The highest BCUT2D eigenvalue weighted by Gasteiger charge is 2.40. The molecule has 0 aromatic rings. The van der Waals surface area contributed by atoms with Gasteiger partial charge < -0.3 is 20.9 Å². The normalized spacial score (nSPS) is 18.6. The van der Waals surface area contributed by atoms with Gasteiger partial charge in [-0.1, -0.05) is 0 Å². The number of rotatable bonds is 6. The number of ether oxygens (including phenoxy) is 1. The van der Waals surface area contributed by atoms with Gasteiger partial charge in [-0.15, -0.1) is 0 Å². The van der Waals surface area contributed by atoms with E-state index in [1.165, 1.54) is 0 Å². The quantitative estimate of drug-likeness (QED) is 0.596. The largest absolute Gasteiger partial charge is 0.481 e. The minimum Gasteiger partial charge on any atom is -0.481 e. The topological polar surface area (TPSA) is 102 Å². The lowest BCUT2D eigenvalue weighted by molar-refractivity contribution is -0.154. The first-order valence-corrected chi connectivity index (χ1v) is 5.89.